The molecule has 0 aliphatic heterocycles. The minimum atomic E-state index is -0.943. The van der Waals surface area contributed by atoms with Crippen LogP contribution < -0.4 is 10.1 Å². The lowest BCUT2D eigenvalue weighted by atomic mass is 10.2. The molecule has 0 aromatic heterocycles. The van der Waals surface area contributed by atoms with E-state index in [4.69, 9.17) is 9.84 Å². The molecule has 1 unspecified atom stereocenters. The monoisotopic (exact) mass is 291 g/mol. The van der Waals surface area contributed by atoms with Crippen molar-refractivity contribution in [1.29, 1.82) is 0 Å². The molecule has 1 aromatic carbocycles. The minimum Gasteiger partial charge on any atom is -0.494 e. The summed E-state index contributed by atoms with van der Waals surface area (Å²) in [5.74, 6) is -0.268. The van der Waals surface area contributed by atoms with Gasteiger partial charge in [0.05, 0.1) is 6.61 Å². The number of nitrogens with one attached hydrogen (secondary N) is 1. The average molecular weight is 291 g/mol. The first kappa shape index (κ1) is 15.4. The number of carbonyl (C=O) groups excluding carboxylic acids is 1. The number of amides is 1. The van der Waals surface area contributed by atoms with Gasteiger partial charge in [-0.2, -0.15) is 0 Å². The molecule has 1 aromatic rings. The van der Waals surface area contributed by atoms with Crippen LogP contribution in [0.1, 0.15) is 31.2 Å². The van der Waals surface area contributed by atoms with Gasteiger partial charge in [-0.05, 0) is 49.8 Å². The van der Waals surface area contributed by atoms with Crippen molar-refractivity contribution >= 4 is 11.9 Å². The Balaban J connectivity index is 1.66. The fourth-order valence-corrected chi connectivity index (χ4v) is 2.18. The van der Waals surface area contributed by atoms with Gasteiger partial charge in [-0.1, -0.05) is 12.1 Å². The summed E-state index contributed by atoms with van der Waals surface area (Å²) in [7, 11) is 0. The largest absolute Gasteiger partial charge is 0.494 e. The summed E-state index contributed by atoms with van der Waals surface area (Å²) in [6, 6.07) is 7.00. The van der Waals surface area contributed by atoms with Crippen LogP contribution in [0.2, 0.25) is 0 Å². The number of aliphatic carboxylic acids is 1. The maximum Gasteiger partial charge on any atom is 0.326 e. The predicted molar refractivity (Wildman–Crippen MR) is 78.2 cm³/mol. The van der Waals surface area contributed by atoms with E-state index in [2.05, 4.69) is 5.32 Å². The number of rotatable bonds is 8. The second kappa shape index (κ2) is 7.11. The van der Waals surface area contributed by atoms with Crippen LogP contribution in [0.15, 0.2) is 24.3 Å². The van der Waals surface area contributed by atoms with Crippen molar-refractivity contribution in [2.45, 2.75) is 38.6 Å². The van der Waals surface area contributed by atoms with Gasteiger partial charge in [0.1, 0.15) is 11.8 Å². The van der Waals surface area contributed by atoms with E-state index in [-0.39, 0.29) is 18.2 Å². The van der Waals surface area contributed by atoms with Gasteiger partial charge in [-0.3, -0.25) is 4.79 Å². The van der Waals surface area contributed by atoms with Crippen LogP contribution in [0.25, 0.3) is 0 Å². The summed E-state index contributed by atoms with van der Waals surface area (Å²) < 4.78 is 5.55. The minimum absolute atomic E-state index is 0.106. The highest BCUT2D eigenvalue weighted by Crippen LogP contribution is 2.32. The van der Waals surface area contributed by atoms with Crippen molar-refractivity contribution < 1.29 is 19.4 Å². The first-order chi connectivity index (χ1) is 10.1. The Labute approximate surface area is 124 Å². The number of benzene rings is 1. The third-order valence-corrected chi connectivity index (χ3v) is 3.48. The fraction of sp³-hybridized carbons (Fsp3) is 0.500. The van der Waals surface area contributed by atoms with Gasteiger partial charge in [0.2, 0.25) is 5.91 Å². The molecular weight excluding hydrogens is 270 g/mol. The van der Waals surface area contributed by atoms with Crippen molar-refractivity contribution in [2.24, 2.45) is 5.92 Å². The van der Waals surface area contributed by atoms with Gasteiger partial charge >= 0.3 is 5.97 Å². The fourth-order valence-electron chi connectivity index (χ4n) is 2.18. The Kier molecular flexibility index (Phi) is 5.20. The Hall–Kier alpha value is -2.04. The zero-order valence-corrected chi connectivity index (χ0v) is 12.2. The number of ether oxygens (including phenoxy) is 1. The maximum atomic E-state index is 11.7. The number of carboxylic acids is 1. The molecule has 0 radical (unpaired) electrons. The van der Waals surface area contributed by atoms with Crippen molar-refractivity contribution in [1.82, 2.24) is 5.32 Å². The van der Waals surface area contributed by atoms with Crippen molar-refractivity contribution in [3.05, 3.63) is 29.8 Å². The molecule has 114 valence electrons. The van der Waals surface area contributed by atoms with Gasteiger partial charge < -0.3 is 15.2 Å². The van der Waals surface area contributed by atoms with Crippen LogP contribution in [0, 0.1) is 12.8 Å². The lowest BCUT2D eigenvalue weighted by Crippen LogP contribution is -2.42. The SMILES string of the molecule is Cc1cccc(OCCCC(=O)NC(C(=O)O)C2CC2)c1. The molecule has 0 saturated heterocycles. The molecule has 0 heterocycles. The van der Waals surface area contributed by atoms with Crippen LogP contribution in [-0.2, 0) is 9.59 Å². The van der Waals surface area contributed by atoms with Crippen LogP contribution in [-0.4, -0.2) is 29.6 Å². The second-order valence-corrected chi connectivity index (χ2v) is 5.49. The maximum absolute atomic E-state index is 11.7. The molecule has 1 aliphatic carbocycles. The van der Waals surface area contributed by atoms with E-state index in [0.29, 0.717) is 13.0 Å². The third-order valence-electron chi connectivity index (χ3n) is 3.48. The molecular formula is C16H21NO4. The summed E-state index contributed by atoms with van der Waals surface area (Å²) in [4.78, 5) is 22.7. The molecule has 2 N–H and O–H groups in total. The first-order valence-electron chi connectivity index (χ1n) is 7.28. The number of carbonyl (C=O) groups is 2. The van der Waals surface area contributed by atoms with Crippen LogP contribution >= 0.6 is 0 Å². The van der Waals surface area contributed by atoms with Gasteiger partial charge in [0, 0.05) is 6.42 Å². The zero-order chi connectivity index (χ0) is 15.2. The van der Waals surface area contributed by atoms with Crippen molar-refractivity contribution in [3.8, 4) is 5.75 Å². The van der Waals surface area contributed by atoms with Crippen molar-refractivity contribution in [3.63, 3.8) is 0 Å². The molecule has 1 amide bonds. The van der Waals surface area contributed by atoms with Crippen LogP contribution in [0.4, 0.5) is 0 Å². The summed E-state index contributed by atoms with van der Waals surface area (Å²) >= 11 is 0. The molecule has 1 atom stereocenters. The molecule has 1 aliphatic rings. The molecule has 0 spiro atoms. The Bertz CT molecular complexity index is 511. The van der Waals surface area contributed by atoms with Gasteiger partial charge in [-0.25, -0.2) is 4.79 Å². The van der Waals surface area contributed by atoms with E-state index in [1.165, 1.54) is 0 Å². The molecule has 21 heavy (non-hydrogen) atoms. The smallest absolute Gasteiger partial charge is 0.326 e. The van der Waals surface area contributed by atoms with E-state index in [9.17, 15) is 9.59 Å². The summed E-state index contributed by atoms with van der Waals surface area (Å²) in [5.41, 5.74) is 1.12. The topological polar surface area (TPSA) is 75.6 Å². The van der Waals surface area contributed by atoms with E-state index in [0.717, 1.165) is 24.2 Å². The molecule has 5 nitrogen and oxygen atoms in total. The summed E-state index contributed by atoms with van der Waals surface area (Å²) in [6.07, 6.45) is 2.61. The van der Waals surface area contributed by atoms with Crippen molar-refractivity contribution in [2.75, 3.05) is 6.61 Å². The number of hydrogen-bond acceptors (Lipinski definition) is 3. The van der Waals surface area contributed by atoms with E-state index in [1.807, 2.05) is 31.2 Å². The normalized spacial score (nSPS) is 15.3. The van der Waals surface area contributed by atoms with Gasteiger partial charge in [-0.15, -0.1) is 0 Å². The molecule has 5 heteroatoms. The highest BCUT2D eigenvalue weighted by atomic mass is 16.5. The predicted octanol–water partition coefficient (Wildman–Crippen LogP) is 2.13. The molecule has 1 saturated carbocycles. The lowest BCUT2D eigenvalue weighted by Gasteiger charge is -2.13. The van der Waals surface area contributed by atoms with E-state index in [1.54, 1.807) is 0 Å². The van der Waals surface area contributed by atoms with Gasteiger partial charge in [0.25, 0.3) is 0 Å². The highest BCUT2D eigenvalue weighted by molar-refractivity contribution is 5.83. The molecule has 0 bridgehead atoms. The first-order valence-corrected chi connectivity index (χ1v) is 7.28. The standard InChI is InChI=1S/C16H21NO4/c1-11-4-2-5-13(10-11)21-9-3-6-14(18)17-15(16(19)20)12-7-8-12/h2,4-5,10,12,15H,3,6-9H2,1H3,(H,17,18)(H,19,20). The van der Waals surface area contributed by atoms with Gasteiger partial charge in [0.15, 0.2) is 0 Å². The zero-order valence-electron chi connectivity index (χ0n) is 12.2. The van der Waals surface area contributed by atoms with E-state index < -0.39 is 12.0 Å². The summed E-state index contributed by atoms with van der Waals surface area (Å²) in [5, 5.41) is 11.6. The molecule has 1 fully saturated rings. The molecule has 2 rings (SSSR count). The lowest BCUT2D eigenvalue weighted by molar-refractivity contribution is -0.142. The summed E-state index contributed by atoms with van der Waals surface area (Å²) in [6.45, 7) is 2.43. The van der Waals surface area contributed by atoms with Crippen LogP contribution in [0.5, 0.6) is 5.75 Å². The average Bonchev–Trinajstić information content (AvgIpc) is 3.25. The quantitative estimate of drug-likeness (QED) is 0.719. The highest BCUT2D eigenvalue weighted by Gasteiger charge is 2.37. The second-order valence-electron chi connectivity index (χ2n) is 5.49. The Morgan fingerprint density at radius 3 is 2.81 bits per heavy atom. The Morgan fingerprint density at radius 2 is 2.19 bits per heavy atom. The number of carboxylic acid groups (broad SMARTS) is 1. The van der Waals surface area contributed by atoms with E-state index >= 15 is 0 Å². The Morgan fingerprint density at radius 1 is 1.43 bits per heavy atom. The third kappa shape index (κ3) is 5.10. The number of hydrogen-bond donors (Lipinski definition) is 2. The number of aryl methyl sites for hydroxylation is 1. The van der Waals surface area contributed by atoms with Crippen LogP contribution in [0.3, 0.4) is 0 Å².